The first kappa shape index (κ1) is 11.9. The number of hydrogen-bond donors (Lipinski definition) is 2. The summed E-state index contributed by atoms with van der Waals surface area (Å²) in [6.45, 7) is 6.45. The van der Waals surface area contributed by atoms with E-state index in [0.29, 0.717) is 11.6 Å². The van der Waals surface area contributed by atoms with Crippen LogP contribution < -0.4 is 11.5 Å². The zero-order chi connectivity index (χ0) is 10.9. The predicted octanol–water partition coefficient (Wildman–Crippen LogP) is 1.59. The van der Waals surface area contributed by atoms with Crippen molar-refractivity contribution in [3.05, 3.63) is 0 Å². The van der Waals surface area contributed by atoms with E-state index in [2.05, 4.69) is 20.5 Å². The first-order chi connectivity index (χ1) is 6.43. The Morgan fingerprint density at radius 1 is 1.57 bits per heavy atom. The van der Waals surface area contributed by atoms with Gasteiger partial charge in [-0.25, -0.2) is 0 Å². The van der Waals surface area contributed by atoms with Crippen LogP contribution in [0.1, 0.15) is 26.7 Å². The van der Waals surface area contributed by atoms with E-state index >= 15 is 0 Å². The molecule has 0 aromatic heterocycles. The van der Waals surface area contributed by atoms with Crippen molar-refractivity contribution in [1.82, 2.24) is 0 Å². The van der Waals surface area contributed by atoms with Crippen molar-refractivity contribution in [1.29, 1.82) is 0 Å². The van der Waals surface area contributed by atoms with Crippen molar-refractivity contribution in [2.75, 3.05) is 12.8 Å². The van der Waals surface area contributed by atoms with Gasteiger partial charge in [0, 0.05) is 0 Å². The van der Waals surface area contributed by atoms with Crippen molar-refractivity contribution < 1.29 is 4.79 Å². The molecule has 1 aliphatic heterocycles. The van der Waals surface area contributed by atoms with Gasteiger partial charge in [0.2, 0.25) is 0 Å². The van der Waals surface area contributed by atoms with E-state index < -0.39 is 7.26 Å². The molecule has 1 amide bonds. The maximum absolute atomic E-state index is 11.5. The molecule has 84 valence electrons. The summed E-state index contributed by atoms with van der Waals surface area (Å²) in [5.74, 6) is 0.456. The zero-order valence-corrected chi connectivity index (χ0v) is 10.4. The Hall–Kier alpha value is -0.140. The number of primary amides is 1. The number of amides is 1. The van der Waals surface area contributed by atoms with Crippen molar-refractivity contribution in [2.45, 2.75) is 38.4 Å². The Morgan fingerprint density at radius 2 is 2.14 bits per heavy atom. The molecule has 1 saturated heterocycles. The number of rotatable bonds is 2. The fraction of sp³-hybridized carbons (Fsp3) is 0.900. The molecule has 0 aromatic rings. The van der Waals surface area contributed by atoms with Gasteiger partial charge in [-0.05, 0) is 0 Å². The molecule has 1 aliphatic rings. The van der Waals surface area contributed by atoms with Crippen LogP contribution in [0.2, 0.25) is 0 Å². The van der Waals surface area contributed by atoms with E-state index in [1.165, 1.54) is 0 Å². The second-order valence-corrected chi connectivity index (χ2v) is 9.43. The zero-order valence-electron chi connectivity index (χ0n) is 9.42. The summed E-state index contributed by atoms with van der Waals surface area (Å²) < 4.78 is 0. The molecule has 0 aliphatic carbocycles. The molecular weight excluding hydrogens is 195 g/mol. The summed E-state index contributed by atoms with van der Waals surface area (Å²) in [5.41, 5.74) is 12.0. The van der Waals surface area contributed by atoms with Crippen molar-refractivity contribution in [2.24, 2.45) is 17.4 Å². The summed E-state index contributed by atoms with van der Waals surface area (Å²) in [6.07, 6.45) is 3.00. The molecule has 0 spiro atoms. The minimum absolute atomic E-state index is 0.0249. The van der Waals surface area contributed by atoms with Crippen LogP contribution in [-0.2, 0) is 0 Å². The van der Waals surface area contributed by atoms with Crippen LogP contribution in [0.25, 0.3) is 0 Å². The van der Waals surface area contributed by atoms with Crippen LogP contribution in [0, 0.1) is 5.92 Å². The molecule has 14 heavy (non-hydrogen) atoms. The molecule has 0 bridgehead atoms. The molecule has 0 saturated carbocycles. The third-order valence-electron chi connectivity index (χ3n) is 4.13. The Kier molecular flexibility index (Phi) is 3.54. The standard InChI is InChI=1S/C10H23N2OP/c1-4-9-7(2)8(11)5-6-14(9,3)10(12)13/h7-9,14H,4-6,11H2,1-3H3,(H2,12,13)/t7?,8?,9-/m1/s1. The number of nitrogens with two attached hydrogens (primary N) is 2. The molecule has 3 nitrogen and oxygen atoms in total. The van der Waals surface area contributed by atoms with Crippen LogP contribution in [0.3, 0.4) is 0 Å². The molecule has 0 aromatic carbocycles. The molecule has 4 heteroatoms. The van der Waals surface area contributed by atoms with Gasteiger partial charge in [-0.2, -0.15) is 0 Å². The molecule has 2 unspecified atom stereocenters. The van der Waals surface area contributed by atoms with E-state index in [-0.39, 0.29) is 11.7 Å². The molecule has 0 radical (unpaired) electrons. The van der Waals surface area contributed by atoms with E-state index in [1.807, 2.05) is 0 Å². The Labute approximate surface area is 86.9 Å². The van der Waals surface area contributed by atoms with Gasteiger partial charge >= 0.3 is 86.3 Å². The molecule has 4 N–H and O–H groups in total. The molecule has 1 rings (SSSR count). The van der Waals surface area contributed by atoms with Crippen LogP contribution >= 0.6 is 7.26 Å². The average molecular weight is 218 g/mol. The topological polar surface area (TPSA) is 69.1 Å². The SMILES string of the molecule is CC[C@@H]1C(C)C(N)CC[PH]1(C)C(N)=O. The van der Waals surface area contributed by atoms with Crippen LogP contribution in [0.15, 0.2) is 0 Å². The van der Waals surface area contributed by atoms with Crippen molar-refractivity contribution in [3.8, 4) is 0 Å². The summed E-state index contributed by atoms with van der Waals surface area (Å²) in [6, 6.07) is 0.264. The van der Waals surface area contributed by atoms with Gasteiger partial charge < -0.3 is 0 Å². The predicted molar refractivity (Wildman–Crippen MR) is 64.5 cm³/mol. The van der Waals surface area contributed by atoms with E-state index in [4.69, 9.17) is 11.5 Å². The van der Waals surface area contributed by atoms with E-state index in [1.54, 1.807) is 0 Å². The normalized spacial score (nSPS) is 39.0. The van der Waals surface area contributed by atoms with E-state index in [0.717, 1.165) is 19.0 Å². The summed E-state index contributed by atoms with van der Waals surface area (Å²) in [7, 11) is -1.89. The fourth-order valence-corrected chi connectivity index (χ4v) is 7.15. The molecular formula is C10H23N2OP. The molecule has 1 fully saturated rings. The number of hydrogen-bond acceptors (Lipinski definition) is 2. The van der Waals surface area contributed by atoms with E-state index in [9.17, 15) is 4.79 Å². The first-order valence-electron chi connectivity index (χ1n) is 5.49. The van der Waals surface area contributed by atoms with Crippen LogP contribution in [0.4, 0.5) is 4.79 Å². The number of carbonyl (C=O) groups is 1. The number of carbonyl (C=O) groups excluding carboxylic acids is 1. The van der Waals surface area contributed by atoms with Crippen molar-refractivity contribution >= 4 is 12.9 Å². The van der Waals surface area contributed by atoms with Gasteiger partial charge in [-0.3, -0.25) is 0 Å². The second kappa shape index (κ2) is 4.16. The quantitative estimate of drug-likeness (QED) is 0.691. The third-order valence-corrected chi connectivity index (χ3v) is 9.15. The monoisotopic (exact) mass is 218 g/mol. The van der Waals surface area contributed by atoms with Crippen LogP contribution in [0.5, 0.6) is 0 Å². The fourth-order valence-electron chi connectivity index (χ4n) is 2.92. The minimum atomic E-state index is -1.89. The van der Waals surface area contributed by atoms with Crippen LogP contribution in [-0.4, -0.2) is 30.2 Å². The van der Waals surface area contributed by atoms with Gasteiger partial charge in [0.15, 0.2) is 0 Å². The van der Waals surface area contributed by atoms with Crippen molar-refractivity contribution in [3.63, 3.8) is 0 Å². The molecule has 1 heterocycles. The van der Waals surface area contributed by atoms with Gasteiger partial charge in [0.1, 0.15) is 0 Å². The Balaban J connectivity index is 2.92. The second-order valence-electron chi connectivity index (χ2n) is 4.86. The molecule has 3 atom stereocenters. The average Bonchev–Trinajstić information content (AvgIpc) is 2.13. The van der Waals surface area contributed by atoms with Gasteiger partial charge in [0.25, 0.3) is 0 Å². The van der Waals surface area contributed by atoms with Gasteiger partial charge in [-0.1, -0.05) is 0 Å². The maximum atomic E-state index is 11.5. The Morgan fingerprint density at radius 3 is 2.57 bits per heavy atom. The summed E-state index contributed by atoms with van der Waals surface area (Å²) in [5, 5.41) is 0. The Bertz CT molecular complexity index is 234. The third kappa shape index (κ3) is 1.80. The first-order valence-corrected chi connectivity index (χ1v) is 8.27. The summed E-state index contributed by atoms with van der Waals surface area (Å²) in [4.78, 5) is 11.5. The van der Waals surface area contributed by atoms with Gasteiger partial charge in [-0.15, -0.1) is 0 Å². The van der Waals surface area contributed by atoms with Gasteiger partial charge in [0.05, 0.1) is 0 Å². The summed E-state index contributed by atoms with van der Waals surface area (Å²) >= 11 is 0.